The van der Waals surface area contributed by atoms with E-state index in [0.29, 0.717) is 22.4 Å². The summed E-state index contributed by atoms with van der Waals surface area (Å²) >= 11 is 3.44. The van der Waals surface area contributed by atoms with Gasteiger partial charge in [-0.25, -0.2) is 4.39 Å². The van der Waals surface area contributed by atoms with Gasteiger partial charge in [0.25, 0.3) is 0 Å². The van der Waals surface area contributed by atoms with Crippen molar-refractivity contribution in [3.05, 3.63) is 69.9 Å². The van der Waals surface area contributed by atoms with Crippen molar-refractivity contribution in [3.63, 3.8) is 0 Å². The van der Waals surface area contributed by atoms with Crippen molar-refractivity contribution in [2.75, 3.05) is 5.73 Å². The van der Waals surface area contributed by atoms with Crippen LogP contribution >= 0.6 is 15.9 Å². The molecule has 0 aliphatic carbocycles. The zero-order chi connectivity index (χ0) is 19.1. The van der Waals surface area contributed by atoms with E-state index < -0.39 is 24.0 Å². The number of halogens is 2. The molecule has 3 nitrogen and oxygen atoms in total. The molecule has 1 aliphatic rings. The summed E-state index contributed by atoms with van der Waals surface area (Å²) < 4.78 is 28.3. The second-order valence-corrected chi connectivity index (χ2v) is 8.32. The highest BCUT2D eigenvalue weighted by Crippen LogP contribution is 2.42. The van der Waals surface area contributed by atoms with E-state index in [0.717, 1.165) is 4.47 Å². The van der Waals surface area contributed by atoms with Gasteiger partial charge >= 0.3 is 7.12 Å². The van der Waals surface area contributed by atoms with Crippen LogP contribution < -0.4 is 5.73 Å². The summed E-state index contributed by atoms with van der Waals surface area (Å²) in [6.07, 6.45) is 0. The normalized spacial score (nSPS) is 19.4. The predicted molar refractivity (Wildman–Crippen MR) is 108 cm³/mol. The molecule has 2 N–H and O–H groups in total. The fourth-order valence-electron chi connectivity index (χ4n) is 2.84. The number of nitrogens with two attached hydrogens (primary N) is 1. The van der Waals surface area contributed by atoms with E-state index in [1.807, 2.05) is 70.2 Å². The Kier molecular flexibility index (Phi) is 5.03. The molecule has 1 fully saturated rings. The van der Waals surface area contributed by atoms with Crippen LogP contribution in [0.2, 0.25) is 0 Å². The Morgan fingerprint density at radius 3 is 2.15 bits per heavy atom. The van der Waals surface area contributed by atoms with E-state index in [2.05, 4.69) is 15.9 Å². The summed E-state index contributed by atoms with van der Waals surface area (Å²) in [6, 6.07) is 14.7. The summed E-state index contributed by atoms with van der Waals surface area (Å²) in [4.78, 5) is 0. The molecule has 0 bridgehead atoms. The van der Waals surface area contributed by atoms with Crippen LogP contribution in [0.25, 0.3) is 5.57 Å². The lowest BCUT2D eigenvalue weighted by atomic mass is 9.80. The van der Waals surface area contributed by atoms with Crippen LogP contribution in [-0.4, -0.2) is 18.3 Å². The van der Waals surface area contributed by atoms with Crippen LogP contribution in [0.4, 0.5) is 10.1 Å². The minimum Gasteiger partial charge on any atom is -0.398 e. The van der Waals surface area contributed by atoms with Gasteiger partial charge in [-0.3, -0.25) is 0 Å². The molecule has 0 atom stereocenters. The molecule has 0 aromatic heterocycles. The molecule has 0 amide bonds. The number of rotatable bonds is 3. The Bertz CT molecular complexity index is 836. The van der Waals surface area contributed by atoms with Gasteiger partial charge in [0.2, 0.25) is 0 Å². The van der Waals surface area contributed by atoms with Gasteiger partial charge < -0.3 is 15.0 Å². The van der Waals surface area contributed by atoms with Crippen molar-refractivity contribution in [2.45, 2.75) is 38.9 Å². The Hall–Kier alpha value is -1.63. The molecule has 1 saturated heterocycles. The third-order valence-electron chi connectivity index (χ3n) is 5.05. The molecule has 2 aromatic rings. The third-order valence-corrected chi connectivity index (χ3v) is 5.54. The Balaban J connectivity index is 2.18. The fourth-order valence-corrected chi connectivity index (χ4v) is 3.20. The molecule has 0 saturated carbocycles. The summed E-state index contributed by atoms with van der Waals surface area (Å²) in [5.74, 6) is 0. The second kappa shape index (κ2) is 6.84. The van der Waals surface area contributed by atoms with Crippen molar-refractivity contribution >= 4 is 34.3 Å². The molecular formula is C20H22BBrFNO2. The number of benzene rings is 2. The van der Waals surface area contributed by atoms with Crippen LogP contribution in [0.3, 0.4) is 0 Å². The monoisotopic (exact) mass is 417 g/mol. The third kappa shape index (κ3) is 3.46. The fraction of sp³-hybridized carbons (Fsp3) is 0.300. The highest BCUT2D eigenvalue weighted by molar-refractivity contribution is 9.10. The van der Waals surface area contributed by atoms with E-state index in [4.69, 9.17) is 15.0 Å². The van der Waals surface area contributed by atoms with E-state index >= 15 is 4.39 Å². The zero-order valence-corrected chi connectivity index (χ0v) is 16.9. The molecular weight excluding hydrogens is 396 g/mol. The van der Waals surface area contributed by atoms with Crippen molar-refractivity contribution in [1.82, 2.24) is 0 Å². The van der Waals surface area contributed by atoms with Gasteiger partial charge in [0.15, 0.2) is 0 Å². The summed E-state index contributed by atoms with van der Waals surface area (Å²) in [5.41, 5.74) is 6.60. The van der Waals surface area contributed by atoms with Crippen LogP contribution in [0, 0.1) is 0 Å². The van der Waals surface area contributed by atoms with Crippen molar-refractivity contribution in [2.24, 2.45) is 0 Å². The quantitative estimate of drug-likeness (QED) is 0.537. The lowest BCUT2D eigenvalue weighted by molar-refractivity contribution is 0.00578. The van der Waals surface area contributed by atoms with Crippen LogP contribution in [0.1, 0.15) is 38.8 Å². The minimum atomic E-state index is -1.09. The number of nitrogen functional groups attached to an aromatic ring is 1. The molecule has 3 rings (SSSR count). The van der Waals surface area contributed by atoms with Gasteiger partial charge in [-0.15, -0.1) is 0 Å². The first-order chi connectivity index (χ1) is 12.1. The van der Waals surface area contributed by atoms with Crippen molar-refractivity contribution < 1.29 is 13.7 Å². The smallest absolute Gasteiger partial charge is 0.398 e. The average Bonchev–Trinajstić information content (AvgIpc) is 2.80. The maximum atomic E-state index is 15.7. The van der Waals surface area contributed by atoms with Gasteiger partial charge in [0, 0.05) is 21.3 Å². The Morgan fingerprint density at radius 2 is 1.58 bits per heavy atom. The first-order valence-corrected chi connectivity index (χ1v) is 9.28. The van der Waals surface area contributed by atoms with Crippen LogP contribution in [0.5, 0.6) is 0 Å². The zero-order valence-electron chi connectivity index (χ0n) is 15.3. The summed E-state index contributed by atoms with van der Waals surface area (Å²) in [5, 5.41) is 0. The molecule has 26 heavy (non-hydrogen) atoms. The number of hydrogen-bond donors (Lipinski definition) is 1. The maximum absolute atomic E-state index is 15.7. The van der Waals surface area contributed by atoms with E-state index in [1.165, 1.54) is 0 Å². The van der Waals surface area contributed by atoms with Crippen molar-refractivity contribution in [1.29, 1.82) is 0 Å². The van der Waals surface area contributed by atoms with Crippen molar-refractivity contribution in [3.8, 4) is 0 Å². The number of hydrogen-bond acceptors (Lipinski definition) is 3. The second-order valence-electron chi connectivity index (χ2n) is 7.41. The molecule has 0 spiro atoms. The number of anilines is 1. The molecule has 1 heterocycles. The van der Waals surface area contributed by atoms with Gasteiger partial charge in [0.05, 0.1) is 11.2 Å². The van der Waals surface area contributed by atoms with E-state index in [1.54, 1.807) is 6.07 Å². The molecule has 2 aromatic carbocycles. The maximum Gasteiger partial charge on any atom is 0.525 e. The largest absolute Gasteiger partial charge is 0.525 e. The van der Waals surface area contributed by atoms with E-state index in [9.17, 15) is 0 Å². The topological polar surface area (TPSA) is 44.5 Å². The summed E-state index contributed by atoms with van der Waals surface area (Å²) in [6.45, 7) is 7.59. The first kappa shape index (κ1) is 19.1. The Labute approximate surface area is 162 Å². The van der Waals surface area contributed by atoms with Gasteiger partial charge in [0.1, 0.15) is 5.73 Å². The Morgan fingerprint density at radius 1 is 1.00 bits per heavy atom. The molecule has 136 valence electrons. The molecule has 1 aliphatic heterocycles. The highest BCUT2D eigenvalue weighted by Gasteiger charge is 2.53. The molecule has 0 radical (unpaired) electrons. The lowest BCUT2D eigenvalue weighted by Gasteiger charge is -2.32. The van der Waals surface area contributed by atoms with Crippen LogP contribution in [0.15, 0.2) is 58.7 Å². The highest BCUT2D eigenvalue weighted by atomic mass is 79.9. The van der Waals surface area contributed by atoms with Gasteiger partial charge in [-0.05, 0) is 51.5 Å². The lowest BCUT2D eigenvalue weighted by Crippen LogP contribution is -2.41. The van der Waals surface area contributed by atoms with E-state index in [-0.39, 0.29) is 0 Å². The summed E-state index contributed by atoms with van der Waals surface area (Å²) in [7, 11) is -1.09. The minimum absolute atomic E-state index is 0.378. The standard InChI is InChI=1S/C20H22BBrFNO2/c1-19(2)20(3,4)26-21(25-19)18(23)17(13-8-6-5-7-9-13)15-12-14(22)10-11-16(15)24/h5-12H,24H2,1-4H3. The molecule has 6 heteroatoms. The SMILES string of the molecule is CC1(C)OB(C(F)=C(c2ccccc2)c2cc(Br)ccc2N)OC1(C)C. The molecule has 0 unspecified atom stereocenters. The average molecular weight is 418 g/mol. The first-order valence-electron chi connectivity index (χ1n) is 8.48. The van der Waals surface area contributed by atoms with Crippen LogP contribution in [-0.2, 0) is 9.31 Å². The van der Waals surface area contributed by atoms with Gasteiger partial charge in [-0.1, -0.05) is 46.3 Å². The predicted octanol–water partition coefficient (Wildman–Crippen LogP) is 5.39. The van der Waals surface area contributed by atoms with Gasteiger partial charge in [-0.2, -0.15) is 0 Å².